The highest BCUT2D eigenvalue weighted by Crippen LogP contribution is 2.37. The molecule has 0 saturated heterocycles. The van der Waals surface area contributed by atoms with Crippen molar-refractivity contribution in [1.82, 2.24) is 0 Å². The van der Waals surface area contributed by atoms with E-state index in [4.69, 9.17) is 17.3 Å². The molecule has 1 aromatic rings. The first-order valence-electron chi connectivity index (χ1n) is 3.61. The first-order valence-corrected chi connectivity index (χ1v) is 5.07. The van der Waals surface area contributed by atoms with Gasteiger partial charge in [0.05, 0.1) is 10.6 Å². The molecule has 0 amide bonds. The Bertz CT molecular complexity index is 351. The maximum Gasteiger partial charge on any atom is 0.417 e. The van der Waals surface area contributed by atoms with E-state index in [0.29, 0.717) is 9.13 Å². The quantitative estimate of drug-likeness (QED) is 0.782. The van der Waals surface area contributed by atoms with Gasteiger partial charge in [0.25, 0.3) is 0 Å². The molecule has 78 valence electrons. The van der Waals surface area contributed by atoms with Crippen molar-refractivity contribution in [3.63, 3.8) is 0 Å². The second-order valence-electron chi connectivity index (χ2n) is 2.63. The summed E-state index contributed by atoms with van der Waals surface area (Å²) >= 11 is 7.36. The first kappa shape index (κ1) is 12.1. The lowest BCUT2D eigenvalue weighted by atomic mass is 10.1. The Labute approximate surface area is 97.6 Å². The summed E-state index contributed by atoms with van der Waals surface area (Å²) in [4.78, 5) is 0. The van der Waals surface area contributed by atoms with Crippen LogP contribution in [0.25, 0.3) is 0 Å². The van der Waals surface area contributed by atoms with Crippen LogP contribution in [0.3, 0.4) is 0 Å². The van der Waals surface area contributed by atoms with Gasteiger partial charge >= 0.3 is 6.18 Å². The molecule has 1 aromatic carbocycles. The van der Waals surface area contributed by atoms with Gasteiger partial charge in [0, 0.05) is 10.1 Å². The number of halogens is 5. The standard InChI is InChI=1S/C8H6ClF3IN/c9-7-4(3-14)1-5(13)2-6(7)8(10,11)12/h1-2H,3,14H2. The van der Waals surface area contributed by atoms with Crippen LogP contribution < -0.4 is 5.73 Å². The van der Waals surface area contributed by atoms with Crippen LogP contribution in [0.1, 0.15) is 11.1 Å². The van der Waals surface area contributed by atoms with Crippen LogP contribution >= 0.6 is 34.2 Å². The molecule has 0 radical (unpaired) electrons. The lowest BCUT2D eigenvalue weighted by molar-refractivity contribution is -0.137. The van der Waals surface area contributed by atoms with E-state index >= 15 is 0 Å². The number of nitrogens with two attached hydrogens (primary N) is 1. The van der Waals surface area contributed by atoms with Crippen molar-refractivity contribution >= 4 is 34.2 Å². The summed E-state index contributed by atoms with van der Waals surface area (Å²) < 4.78 is 37.7. The van der Waals surface area contributed by atoms with E-state index < -0.39 is 11.7 Å². The molecule has 1 rings (SSSR count). The smallest absolute Gasteiger partial charge is 0.326 e. The van der Waals surface area contributed by atoms with Crippen LogP contribution in [0.2, 0.25) is 5.02 Å². The predicted octanol–water partition coefficient (Wildman–Crippen LogP) is 3.42. The minimum Gasteiger partial charge on any atom is -0.326 e. The third-order valence-electron chi connectivity index (χ3n) is 1.64. The summed E-state index contributed by atoms with van der Waals surface area (Å²) in [5.74, 6) is 0. The van der Waals surface area contributed by atoms with Crippen LogP contribution in [0.5, 0.6) is 0 Å². The van der Waals surface area contributed by atoms with Gasteiger partial charge in [0.15, 0.2) is 0 Å². The Morgan fingerprint density at radius 1 is 1.36 bits per heavy atom. The fourth-order valence-corrected chi connectivity index (χ4v) is 1.98. The highest BCUT2D eigenvalue weighted by molar-refractivity contribution is 14.1. The van der Waals surface area contributed by atoms with E-state index in [0.717, 1.165) is 6.07 Å². The predicted molar refractivity (Wildman–Crippen MR) is 57.1 cm³/mol. The molecule has 0 spiro atoms. The van der Waals surface area contributed by atoms with E-state index in [1.807, 2.05) is 0 Å². The molecule has 0 aromatic heterocycles. The van der Waals surface area contributed by atoms with E-state index in [2.05, 4.69) is 0 Å². The second-order valence-corrected chi connectivity index (χ2v) is 4.25. The van der Waals surface area contributed by atoms with Gasteiger partial charge in [-0.2, -0.15) is 13.2 Å². The van der Waals surface area contributed by atoms with Crippen LogP contribution in [0.4, 0.5) is 13.2 Å². The summed E-state index contributed by atoms with van der Waals surface area (Å²) in [7, 11) is 0. The van der Waals surface area contributed by atoms with Gasteiger partial charge in [-0.3, -0.25) is 0 Å². The van der Waals surface area contributed by atoms with Gasteiger partial charge in [-0.05, 0) is 40.3 Å². The molecule has 0 unspecified atom stereocenters. The number of hydrogen-bond donors (Lipinski definition) is 1. The third kappa shape index (κ3) is 2.52. The Balaban J connectivity index is 3.37. The molecule has 0 heterocycles. The van der Waals surface area contributed by atoms with Crippen LogP contribution in [0.15, 0.2) is 12.1 Å². The van der Waals surface area contributed by atoms with Gasteiger partial charge in [0.1, 0.15) is 0 Å². The minimum absolute atomic E-state index is 0.00124. The van der Waals surface area contributed by atoms with E-state index in [1.165, 1.54) is 6.07 Å². The highest BCUT2D eigenvalue weighted by atomic mass is 127. The highest BCUT2D eigenvalue weighted by Gasteiger charge is 2.34. The monoisotopic (exact) mass is 335 g/mol. The van der Waals surface area contributed by atoms with E-state index in [-0.39, 0.29) is 11.6 Å². The second kappa shape index (κ2) is 4.24. The van der Waals surface area contributed by atoms with Gasteiger partial charge in [0.2, 0.25) is 0 Å². The summed E-state index contributed by atoms with van der Waals surface area (Å²) in [6, 6.07) is 2.54. The summed E-state index contributed by atoms with van der Waals surface area (Å²) in [6.45, 7) is -0.00124. The molecule has 0 atom stereocenters. The molecular weight excluding hydrogens is 329 g/mol. The van der Waals surface area contributed by atoms with Gasteiger partial charge < -0.3 is 5.73 Å². The van der Waals surface area contributed by atoms with Crippen molar-refractivity contribution in [2.45, 2.75) is 12.7 Å². The topological polar surface area (TPSA) is 26.0 Å². The van der Waals surface area contributed by atoms with Gasteiger partial charge in [-0.1, -0.05) is 11.6 Å². The number of alkyl halides is 3. The van der Waals surface area contributed by atoms with Crippen molar-refractivity contribution in [2.75, 3.05) is 0 Å². The molecule has 0 aliphatic heterocycles. The molecule has 1 nitrogen and oxygen atoms in total. The molecule has 6 heteroatoms. The van der Waals surface area contributed by atoms with Crippen LogP contribution in [0, 0.1) is 3.57 Å². The Hall–Kier alpha value is -0.0100. The molecule has 0 saturated carbocycles. The molecule has 2 N–H and O–H groups in total. The lowest BCUT2D eigenvalue weighted by Gasteiger charge is -2.12. The molecule has 14 heavy (non-hydrogen) atoms. The van der Waals surface area contributed by atoms with Crippen molar-refractivity contribution < 1.29 is 13.2 Å². The largest absolute Gasteiger partial charge is 0.417 e. The van der Waals surface area contributed by atoms with Crippen LogP contribution in [-0.2, 0) is 12.7 Å². The Kier molecular flexibility index (Phi) is 3.65. The van der Waals surface area contributed by atoms with Crippen molar-refractivity contribution in [3.8, 4) is 0 Å². The summed E-state index contributed by atoms with van der Waals surface area (Å²) in [6.07, 6.45) is -4.43. The molecule has 0 aliphatic rings. The van der Waals surface area contributed by atoms with Crippen molar-refractivity contribution in [1.29, 1.82) is 0 Å². The van der Waals surface area contributed by atoms with Gasteiger partial charge in [-0.15, -0.1) is 0 Å². The minimum atomic E-state index is -4.43. The number of hydrogen-bond acceptors (Lipinski definition) is 1. The normalized spacial score (nSPS) is 11.9. The molecular formula is C8H6ClF3IN. The molecule has 0 aliphatic carbocycles. The number of benzene rings is 1. The van der Waals surface area contributed by atoms with E-state index in [1.54, 1.807) is 22.6 Å². The first-order chi connectivity index (χ1) is 6.36. The average Bonchev–Trinajstić information content (AvgIpc) is 2.06. The molecule has 0 fully saturated rings. The Morgan fingerprint density at radius 3 is 2.36 bits per heavy atom. The maximum absolute atomic E-state index is 12.4. The fourth-order valence-electron chi connectivity index (χ4n) is 1.00. The summed E-state index contributed by atoms with van der Waals surface area (Å²) in [5, 5.41) is -0.305. The SMILES string of the molecule is NCc1cc(I)cc(C(F)(F)F)c1Cl. The average molecular weight is 335 g/mol. The Morgan fingerprint density at radius 2 is 1.93 bits per heavy atom. The zero-order chi connectivity index (χ0) is 10.9. The number of rotatable bonds is 1. The van der Waals surface area contributed by atoms with E-state index in [9.17, 15) is 13.2 Å². The zero-order valence-corrected chi connectivity index (χ0v) is 9.74. The summed E-state index contributed by atoms with van der Waals surface area (Å²) in [5.41, 5.74) is 4.76. The molecule has 0 bridgehead atoms. The van der Waals surface area contributed by atoms with Gasteiger partial charge in [-0.25, -0.2) is 0 Å². The van der Waals surface area contributed by atoms with Crippen molar-refractivity contribution in [2.24, 2.45) is 5.73 Å². The maximum atomic E-state index is 12.4. The van der Waals surface area contributed by atoms with Crippen molar-refractivity contribution in [3.05, 3.63) is 31.9 Å². The lowest BCUT2D eigenvalue weighted by Crippen LogP contribution is -2.09. The zero-order valence-electron chi connectivity index (χ0n) is 6.83. The fraction of sp³-hybridized carbons (Fsp3) is 0.250. The third-order valence-corrected chi connectivity index (χ3v) is 2.71. The van der Waals surface area contributed by atoms with Crippen LogP contribution in [-0.4, -0.2) is 0 Å².